The number of aliphatic hydroxyl groups is 1. The molecule has 0 saturated heterocycles. The third-order valence-corrected chi connectivity index (χ3v) is 11.7. The normalized spacial score (nSPS) is 22.2. The molecule has 0 saturated carbocycles. The van der Waals surface area contributed by atoms with Gasteiger partial charge < -0.3 is 39.6 Å². The Bertz CT molecular complexity index is 2590. The van der Waals surface area contributed by atoms with Crippen LogP contribution in [0.4, 0.5) is 5.69 Å². The van der Waals surface area contributed by atoms with Gasteiger partial charge >= 0.3 is 0 Å². The minimum atomic E-state index is -1.30. The predicted molar refractivity (Wildman–Crippen MR) is 201 cm³/mol. The van der Waals surface area contributed by atoms with Gasteiger partial charge in [0.1, 0.15) is 34.5 Å². The number of nitrogens with zero attached hydrogens (tertiary/aromatic N) is 2. The Morgan fingerprint density at radius 1 is 1.00 bits per heavy atom. The fourth-order valence-electron chi connectivity index (χ4n) is 8.52. The molecule has 1 spiro atoms. The molecule has 0 fully saturated rings. The van der Waals surface area contributed by atoms with Crippen molar-refractivity contribution in [2.45, 2.75) is 63.9 Å². The summed E-state index contributed by atoms with van der Waals surface area (Å²) in [4.78, 5) is 40.5. The molecule has 2 amide bonds. The molecule has 6 aromatic rings. The summed E-state index contributed by atoms with van der Waals surface area (Å²) in [6, 6.07) is 16.0. The van der Waals surface area contributed by atoms with Gasteiger partial charge in [0.15, 0.2) is 28.6 Å². The van der Waals surface area contributed by atoms with Gasteiger partial charge in [-0.1, -0.05) is 93.4 Å². The Morgan fingerprint density at radius 2 is 1.80 bits per heavy atom. The fraction of sp³-hybridized carbons (Fsp3) is 0.300. The first-order valence-electron chi connectivity index (χ1n) is 17.9. The number of oxazole rings is 2. The second-order valence-corrected chi connectivity index (χ2v) is 15.8. The first-order valence-corrected chi connectivity index (χ1v) is 18.7. The smallest absolute Gasteiger partial charge is 0.250 e. The number of anilines is 1. The summed E-state index contributed by atoms with van der Waals surface area (Å²) in [5.41, 5.74) is 5.49. The van der Waals surface area contributed by atoms with Crippen LogP contribution in [0.1, 0.15) is 62.1 Å². The van der Waals surface area contributed by atoms with Crippen LogP contribution in [0.5, 0.6) is 5.75 Å². The zero-order valence-electron chi connectivity index (χ0n) is 29.5. The van der Waals surface area contributed by atoms with Gasteiger partial charge in [-0.15, -0.1) is 0 Å². The van der Waals surface area contributed by atoms with Crippen LogP contribution in [0.2, 0.25) is 10.3 Å². The second kappa shape index (κ2) is 11.6. The summed E-state index contributed by atoms with van der Waals surface area (Å²) in [5, 5.41) is 21.5. The molecular formula is C40H34Cl2N6O6. The quantitative estimate of drug-likeness (QED) is 0.126. The number of aromatic nitrogens is 3. The number of aliphatic hydroxyl groups excluding tert-OH is 1. The maximum atomic E-state index is 14.2. The highest BCUT2D eigenvalue weighted by Crippen LogP contribution is 2.62. The van der Waals surface area contributed by atoms with Crippen molar-refractivity contribution in [1.29, 1.82) is 0 Å². The number of nitrogens with one attached hydrogen (secondary N) is 4. The third-order valence-electron chi connectivity index (χ3n) is 11.2. The average Bonchev–Trinajstić information content (AvgIpc) is 3.94. The molecule has 10 bridgehead atoms. The van der Waals surface area contributed by atoms with Gasteiger partial charge in [-0.3, -0.25) is 9.59 Å². The van der Waals surface area contributed by atoms with E-state index in [-0.39, 0.29) is 46.6 Å². The first-order chi connectivity index (χ1) is 25.9. The summed E-state index contributed by atoms with van der Waals surface area (Å²) in [5.74, 6) is -0.0970. The summed E-state index contributed by atoms with van der Waals surface area (Å²) in [7, 11) is 0. The molecule has 10 rings (SSSR count). The molecule has 12 nitrogen and oxygen atoms in total. The molecule has 1 unspecified atom stereocenters. The number of hydrogen-bond donors (Lipinski definition) is 5. The molecule has 5 atom stereocenters. The van der Waals surface area contributed by atoms with E-state index in [4.69, 9.17) is 46.7 Å². The van der Waals surface area contributed by atoms with Crippen molar-refractivity contribution < 1.29 is 28.3 Å². The number of rotatable bonds is 4. The number of aromatic amines is 1. The van der Waals surface area contributed by atoms with Crippen LogP contribution in [0.25, 0.3) is 44.9 Å². The van der Waals surface area contributed by atoms with E-state index in [0.717, 1.165) is 44.4 Å². The molecule has 5 N–H and O–H groups in total. The van der Waals surface area contributed by atoms with Gasteiger partial charge in [0.2, 0.25) is 17.7 Å². The number of para-hydroxylation sites is 1. The number of carbonyl (C=O) groups excluding carboxylic acids is 2. The molecule has 7 heterocycles. The van der Waals surface area contributed by atoms with Crippen molar-refractivity contribution in [3.05, 3.63) is 93.2 Å². The maximum absolute atomic E-state index is 14.2. The van der Waals surface area contributed by atoms with Gasteiger partial charge in [0.05, 0.1) is 5.56 Å². The number of H-pyrrole nitrogens is 1. The zero-order chi connectivity index (χ0) is 37.4. The number of benzene rings is 3. The van der Waals surface area contributed by atoms with Crippen molar-refractivity contribution in [1.82, 2.24) is 25.6 Å². The van der Waals surface area contributed by atoms with Crippen LogP contribution in [0.15, 0.2) is 63.4 Å². The van der Waals surface area contributed by atoms with Crippen molar-refractivity contribution >= 4 is 51.6 Å². The lowest BCUT2D eigenvalue weighted by Gasteiger charge is -2.29. The molecule has 54 heavy (non-hydrogen) atoms. The largest absolute Gasteiger partial charge is 0.469 e. The minimum Gasteiger partial charge on any atom is -0.469 e. The summed E-state index contributed by atoms with van der Waals surface area (Å²) < 4.78 is 20.4. The maximum Gasteiger partial charge on any atom is 0.250 e. The number of carbonyl (C=O) groups is 2. The molecule has 3 aromatic carbocycles. The van der Waals surface area contributed by atoms with E-state index in [1.54, 1.807) is 13.8 Å². The van der Waals surface area contributed by atoms with Gasteiger partial charge in [0, 0.05) is 39.7 Å². The van der Waals surface area contributed by atoms with Crippen LogP contribution in [-0.2, 0) is 21.4 Å². The van der Waals surface area contributed by atoms with E-state index >= 15 is 0 Å². The van der Waals surface area contributed by atoms with E-state index in [1.165, 1.54) is 0 Å². The van der Waals surface area contributed by atoms with Crippen LogP contribution in [0.3, 0.4) is 0 Å². The zero-order valence-corrected chi connectivity index (χ0v) is 31.0. The molecule has 4 aliphatic rings. The van der Waals surface area contributed by atoms with Crippen molar-refractivity contribution in [3.63, 3.8) is 0 Å². The van der Waals surface area contributed by atoms with E-state index in [1.807, 2.05) is 62.4 Å². The molecular weight excluding hydrogens is 731 g/mol. The minimum absolute atomic E-state index is 0.0872. The standard InChI is InChI=1S/C40H34Cl2N6O6/c1-15(2)27-37-46-29-32(54-37)40-20-9-5-8-19(18-7-6-10-22-25(18)26(33(41)43-22)31-34(42)48-38(29)53-31)28(20)47-39(40)52-24-12-11-17(13-21(24)40)14-23(35(50)45-27)44-36(51)30(49)16(3)4/h5-13,15-16,23,27,30,39,43,47,49H,14H2,1-4H3,(H,44,51)(H,45,50)/t23-,27+,30+,39+,40?/m0/s1. The highest BCUT2D eigenvalue weighted by atomic mass is 35.5. The molecule has 0 aliphatic carbocycles. The molecule has 3 aromatic heterocycles. The van der Waals surface area contributed by atoms with Crippen molar-refractivity contribution in [2.24, 2.45) is 11.8 Å². The number of halogens is 2. The molecule has 4 aliphatic heterocycles. The lowest BCUT2D eigenvalue weighted by molar-refractivity contribution is -0.135. The lowest BCUT2D eigenvalue weighted by Crippen LogP contribution is -2.52. The Labute approximate surface area is 318 Å². The van der Waals surface area contributed by atoms with E-state index in [0.29, 0.717) is 22.2 Å². The van der Waals surface area contributed by atoms with Gasteiger partial charge in [-0.05, 0) is 35.1 Å². The summed E-state index contributed by atoms with van der Waals surface area (Å²) in [6.45, 7) is 7.36. The molecule has 14 heteroatoms. The summed E-state index contributed by atoms with van der Waals surface area (Å²) in [6.07, 6.45) is -1.87. The predicted octanol–water partition coefficient (Wildman–Crippen LogP) is 7.11. The van der Waals surface area contributed by atoms with Crippen LogP contribution in [0, 0.1) is 11.8 Å². The lowest BCUT2D eigenvalue weighted by atomic mass is 9.72. The molecule has 274 valence electrons. The number of hydrogen-bond acceptors (Lipinski definition) is 9. The van der Waals surface area contributed by atoms with Gasteiger partial charge in [-0.2, -0.15) is 4.98 Å². The average molecular weight is 766 g/mol. The monoisotopic (exact) mass is 764 g/mol. The Hall–Kier alpha value is -5.30. The Balaban J connectivity index is 1.30. The second-order valence-electron chi connectivity index (χ2n) is 15.1. The number of fused-ring (bicyclic) bond motifs is 7. The Kier molecular flexibility index (Phi) is 7.15. The van der Waals surface area contributed by atoms with Crippen molar-refractivity contribution in [3.8, 4) is 39.8 Å². The Morgan fingerprint density at radius 3 is 2.59 bits per heavy atom. The van der Waals surface area contributed by atoms with Crippen LogP contribution < -0.4 is 20.7 Å². The fourth-order valence-corrected chi connectivity index (χ4v) is 9.01. The first kappa shape index (κ1) is 33.3. The summed E-state index contributed by atoms with van der Waals surface area (Å²) >= 11 is 13.9. The van der Waals surface area contributed by atoms with Gasteiger partial charge in [-0.25, -0.2) is 4.98 Å². The van der Waals surface area contributed by atoms with E-state index < -0.39 is 41.6 Å². The van der Waals surface area contributed by atoms with Gasteiger partial charge in [0.25, 0.3) is 5.89 Å². The highest BCUT2D eigenvalue weighted by molar-refractivity contribution is 6.37. The highest BCUT2D eigenvalue weighted by Gasteiger charge is 2.61. The number of amides is 2. The SMILES string of the molecule is CC(C)[C@@H](O)C(=O)N[C@H]1Cc2ccc3c(c2)C24c5cccc(c5N[C@@H]2O3)-c2cccc3[nH]c(Cl)c(c23)-c2oc(nc2Cl)-c2nc(oc24)[C@@H](C(C)C)NC1=O. The van der Waals surface area contributed by atoms with E-state index in [2.05, 4.69) is 27.0 Å². The van der Waals surface area contributed by atoms with Crippen LogP contribution in [-0.4, -0.2) is 50.2 Å². The van der Waals surface area contributed by atoms with Crippen molar-refractivity contribution in [2.75, 3.05) is 5.32 Å². The number of ether oxygens (including phenoxy) is 1. The van der Waals surface area contributed by atoms with Crippen LogP contribution >= 0.6 is 23.2 Å². The topological polar surface area (TPSA) is 168 Å². The van der Waals surface area contributed by atoms with E-state index in [9.17, 15) is 14.7 Å². The third kappa shape index (κ3) is 4.47. The molecule has 0 radical (unpaired) electrons.